The van der Waals surface area contributed by atoms with E-state index in [0.29, 0.717) is 46.6 Å². The number of aromatic nitrogens is 2. The van der Waals surface area contributed by atoms with Crippen LogP contribution in [0.2, 0.25) is 0 Å². The largest absolute Gasteiger partial charge is 0.497 e. The maximum Gasteiger partial charge on any atom is 0.408 e. The fourth-order valence-corrected chi connectivity index (χ4v) is 8.36. The van der Waals surface area contributed by atoms with E-state index in [1.807, 2.05) is 23.6 Å². The Bertz CT molecular complexity index is 1890. The van der Waals surface area contributed by atoms with E-state index >= 15 is 0 Å². The second-order valence-electron chi connectivity index (χ2n) is 14.3. The highest BCUT2D eigenvalue weighted by atomic mass is 32.1. The van der Waals surface area contributed by atoms with E-state index in [0.717, 1.165) is 50.1 Å². The van der Waals surface area contributed by atoms with Crippen LogP contribution < -0.4 is 25.4 Å². The molecule has 7 rings (SSSR count). The average molecular weight is 747 g/mol. The van der Waals surface area contributed by atoms with E-state index in [1.54, 1.807) is 32.4 Å². The monoisotopic (exact) mass is 746 g/mol. The first kappa shape index (κ1) is 36.4. The van der Waals surface area contributed by atoms with E-state index in [2.05, 4.69) is 20.9 Å². The highest BCUT2D eigenvalue weighted by molar-refractivity contribution is 7.14. The van der Waals surface area contributed by atoms with Crippen molar-refractivity contribution in [1.82, 2.24) is 25.5 Å². The maximum absolute atomic E-state index is 14.5. The molecule has 1 saturated heterocycles. The van der Waals surface area contributed by atoms with Gasteiger partial charge in [-0.25, -0.2) is 19.6 Å². The summed E-state index contributed by atoms with van der Waals surface area (Å²) in [4.78, 5) is 65.2. The molecule has 2 aliphatic heterocycles. The Labute approximate surface area is 311 Å². The molecular formula is C38H46N6O8S. The molecule has 2 aliphatic carbocycles. The average Bonchev–Trinajstić information content (AvgIpc) is 3.60. The number of aliphatic carboxylic acids is 1. The number of hydrogen-bond donors (Lipinski definition) is 4. The summed E-state index contributed by atoms with van der Waals surface area (Å²) in [6.45, 7) is 0.0338. The number of nitrogens with one attached hydrogen (secondary N) is 3. The number of ether oxygens (including phenoxy) is 3. The number of alkyl carbamates (subject to hydrolysis) is 1. The van der Waals surface area contributed by atoms with Crippen molar-refractivity contribution >= 4 is 51.2 Å². The van der Waals surface area contributed by atoms with Gasteiger partial charge in [0.1, 0.15) is 47.0 Å². The number of nitrogens with zero attached hydrogens (tertiary/aromatic N) is 3. The summed E-state index contributed by atoms with van der Waals surface area (Å²) in [5.41, 5.74) is 0.382. The van der Waals surface area contributed by atoms with Gasteiger partial charge in [-0.05, 0) is 63.5 Å². The van der Waals surface area contributed by atoms with Gasteiger partial charge in [-0.15, -0.1) is 11.3 Å². The molecule has 4 aliphatic rings. The summed E-state index contributed by atoms with van der Waals surface area (Å²) in [6.07, 6.45) is 9.72. The summed E-state index contributed by atoms with van der Waals surface area (Å²) in [7, 11) is 3.37. The molecule has 3 amide bonds. The number of amides is 3. The molecule has 14 nitrogen and oxygen atoms in total. The number of anilines is 1. The number of hydrogen-bond acceptors (Lipinski definition) is 11. The number of fused-ring (bicyclic) bond motifs is 3. The predicted octanol–water partition coefficient (Wildman–Crippen LogP) is 5.27. The first-order chi connectivity index (χ1) is 25.7. The molecule has 5 atom stereocenters. The quantitative estimate of drug-likeness (QED) is 0.221. The lowest BCUT2D eigenvalue weighted by Gasteiger charge is -2.29. The number of benzene rings is 1. The van der Waals surface area contributed by atoms with Crippen LogP contribution in [0.25, 0.3) is 22.3 Å². The Hall–Kier alpha value is -4.92. The summed E-state index contributed by atoms with van der Waals surface area (Å²) in [5, 5.41) is 22.2. The lowest BCUT2D eigenvalue weighted by atomic mass is 10.0. The Morgan fingerprint density at radius 3 is 2.60 bits per heavy atom. The van der Waals surface area contributed by atoms with Crippen LogP contribution in [0.3, 0.4) is 0 Å². The van der Waals surface area contributed by atoms with Gasteiger partial charge in [-0.2, -0.15) is 0 Å². The summed E-state index contributed by atoms with van der Waals surface area (Å²) < 4.78 is 17.8. The van der Waals surface area contributed by atoms with Crippen molar-refractivity contribution in [2.75, 3.05) is 26.0 Å². The van der Waals surface area contributed by atoms with Crippen molar-refractivity contribution in [2.45, 2.75) is 100 Å². The molecule has 0 bridgehead atoms. The number of carbonyl (C=O) groups is 4. The first-order valence-electron chi connectivity index (χ1n) is 18.5. The van der Waals surface area contributed by atoms with Crippen molar-refractivity contribution in [3.05, 3.63) is 41.8 Å². The van der Waals surface area contributed by atoms with Gasteiger partial charge in [-0.1, -0.05) is 25.0 Å². The third kappa shape index (κ3) is 7.90. The molecule has 282 valence electrons. The van der Waals surface area contributed by atoms with Crippen molar-refractivity contribution in [3.8, 4) is 22.9 Å². The van der Waals surface area contributed by atoms with E-state index in [-0.39, 0.29) is 31.4 Å². The molecule has 3 aromatic rings. The number of methoxy groups -OCH3 is 1. The third-order valence-corrected chi connectivity index (χ3v) is 11.6. The Kier molecular flexibility index (Phi) is 10.7. The normalized spacial score (nSPS) is 27.1. The van der Waals surface area contributed by atoms with Gasteiger partial charge in [-0.3, -0.25) is 9.59 Å². The van der Waals surface area contributed by atoms with Crippen LogP contribution in [0, 0.1) is 5.92 Å². The van der Waals surface area contributed by atoms with Crippen molar-refractivity contribution in [2.24, 2.45) is 5.92 Å². The molecule has 15 heteroatoms. The lowest BCUT2D eigenvalue weighted by Crippen LogP contribution is -2.56. The summed E-state index contributed by atoms with van der Waals surface area (Å²) in [6, 6.07) is 5.27. The second kappa shape index (κ2) is 15.6. The van der Waals surface area contributed by atoms with Gasteiger partial charge in [0.15, 0.2) is 5.13 Å². The molecule has 2 aromatic heterocycles. The van der Waals surface area contributed by atoms with Crippen molar-refractivity contribution in [1.29, 1.82) is 0 Å². The van der Waals surface area contributed by atoms with Gasteiger partial charge >= 0.3 is 12.1 Å². The number of pyridine rings is 1. The number of allylic oxidation sites excluding steroid dienone is 1. The van der Waals surface area contributed by atoms with Crippen LogP contribution >= 0.6 is 11.3 Å². The van der Waals surface area contributed by atoms with Gasteiger partial charge in [0.2, 0.25) is 11.8 Å². The number of thiazole rings is 1. The van der Waals surface area contributed by atoms with Gasteiger partial charge < -0.3 is 40.2 Å². The third-order valence-electron chi connectivity index (χ3n) is 10.7. The van der Waals surface area contributed by atoms with Crippen LogP contribution in [0.15, 0.2) is 41.8 Å². The van der Waals surface area contributed by atoms with Crippen LogP contribution in [0.1, 0.15) is 70.6 Å². The fourth-order valence-electron chi connectivity index (χ4n) is 7.70. The Morgan fingerprint density at radius 2 is 1.85 bits per heavy atom. The molecule has 1 aromatic carbocycles. The molecule has 2 saturated carbocycles. The minimum atomic E-state index is -1.45. The zero-order chi connectivity index (χ0) is 37.1. The molecule has 0 radical (unpaired) electrons. The fraction of sp³-hybridized carbons (Fsp3) is 0.526. The highest BCUT2D eigenvalue weighted by Crippen LogP contribution is 2.45. The minimum absolute atomic E-state index is 0.0338. The summed E-state index contributed by atoms with van der Waals surface area (Å²) in [5.74, 6) is -1.37. The second-order valence-corrected chi connectivity index (χ2v) is 15.2. The van der Waals surface area contributed by atoms with E-state index < -0.39 is 47.6 Å². The molecular weight excluding hydrogens is 701 g/mol. The van der Waals surface area contributed by atoms with Gasteiger partial charge in [0.05, 0.1) is 24.9 Å². The van der Waals surface area contributed by atoms with Crippen LogP contribution in [0.4, 0.5) is 9.93 Å². The van der Waals surface area contributed by atoms with E-state index in [9.17, 15) is 24.3 Å². The molecule has 4 N–H and O–H groups in total. The van der Waals surface area contributed by atoms with E-state index in [1.165, 1.54) is 16.2 Å². The first-order valence-corrected chi connectivity index (χ1v) is 19.3. The van der Waals surface area contributed by atoms with E-state index in [4.69, 9.17) is 19.2 Å². The highest BCUT2D eigenvalue weighted by Gasteiger charge is 2.61. The topological polar surface area (TPSA) is 181 Å². The maximum atomic E-state index is 14.5. The number of carbonyl (C=O) groups excluding carboxylic acids is 3. The van der Waals surface area contributed by atoms with Gasteiger partial charge in [0, 0.05) is 42.3 Å². The number of carboxylic acids is 1. The molecule has 3 fully saturated rings. The number of rotatable bonds is 8. The minimum Gasteiger partial charge on any atom is -0.497 e. The molecule has 0 spiro atoms. The van der Waals surface area contributed by atoms with Crippen LogP contribution in [-0.4, -0.2) is 94.4 Å². The zero-order valence-electron chi connectivity index (χ0n) is 30.0. The number of carboxylic acid groups (broad SMARTS) is 1. The standard InChI is InChI=1S/C38H46N6O8S/c1-39-36-41-30(21-53-36)29-18-32(26-15-14-24(50-2)16-28(26)40-29)51-25-17-31-33(45)43-38(35(47)48)19-22(38)10-6-4-3-5-7-13-27(34(46)44(31)20-25)42-37(49)52-23-11-8-9-12-23/h6,10,14-16,18,21-23,25,27,31H,3-5,7-9,11-13,17,19-20H2,1-2H3,(H,39,41)(H,42,49)(H,43,45)(H,47,48)/b10-6-/t22-,25-,27+,31+,38-/m1/s1. The Morgan fingerprint density at radius 1 is 1.04 bits per heavy atom. The molecule has 53 heavy (non-hydrogen) atoms. The SMILES string of the molecule is CNc1nc(-c2cc(O[C@@H]3C[C@H]4C(=O)N[C@]5(C(=O)O)C[C@H]5/C=C\CCCCC[C@H](NC(=O)OC5CCCC5)C(=O)N4C3)c3ccc(OC)cc3n2)cs1. The van der Waals surface area contributed by atoms with Crippen LogP contribution in [-0.2, 0) is 19.1 Å². The smallest absolute Gasteiger partial charge is 0.408 e. The molecule has 0 unspecified atom stereocenters. The lowest BCUT2D eigenvalue weighted by molar-refractivity contribution is -0.145. The Balaban J connectivity index is 1.20. The van der Waals surface area contributed by atoms with Crippen molar-refractivity contribution < 1.29 is 38.5 Å². The summed E-state index contributed by atoms with van der Waals surface area (Å²) >= 11 is 1.44. The zero-order valence-corrected chi connectivity index (χ0v) is 30.8. The van der Waals surface area contributed by atoms with Crippen molar-refractivity contribution in [3.63, 3.8) is 0 Å². The van der Waals surface area contributed by atoms with Gasteiger partial charge in [0.25, 0.3) is 0 Å². The molecule has 4 heterocycles. The van der Waals surface area contributed by atoms with Crippen LogP contribution in [0.5, 0.6) is 11.5 Å². The predicted molar refractivity (Wildman–Crippen MR) is 198 cm³/mol.